The van der Waals surface area contributed by atoms with Crippen LogP contribution in [0.2, 0.25) is 0 Å². The average molecular weight is 476 g/mol. The minimum Gasteiger partial charge on any atom is -0.395 e. The molecule has 0 aliphatic carbocycles. The van der Waals surface area contributed by atoms with Crippen LogP contribution in [0.15, 0.2) is 0 Å². The summed E-state index contributed by atoms with van der Waals surface area (Å²) in [6.07, 6.45) is 15.6. The predicted molar refractivity (Wildman–Crippen MR) is 139 cm³/mol. The second-order valence-corrected chi connectivity index (χ2v) is 9.31. The fraction of sp³-hybridized carbons (Fsp3) is 1.00. The third-order valence-electron chi connectivity index (χ3n) is 6.39. The van der Waals surface area contributed by atoms with Crippen LogP contribution < -0.4 is 0 Å². The maximum absolute atomic E-state index is 9.21. The normalized spacial score (nSPS) is 12.0. The van der Waals surface area contributed by atoms with Crippen molar-refractivity contribution in [2.45, 2.75) is 84.0 Å². The van der Waals surface area contributed by atoms with Crippen LogP contribution in [-0.4, -0.2) is 120 Å². The first-order valence-corrected chi connectivity index (χ1v) is 13.8. The van der Waals surface area contributed by atoms with Gasteiger partial charge in [0.1, 0.15) is 0 Å². The number of nitrogens with zero attached hydrogens (tertiary/aromatic N) is 3. The molecule has 0 spiro atoms. The van der Waals surface area contributed by atoms with Gasteiger partial charge in [0, 0.05) is 26.2 Å². The highest BCUT2D eigenvalue weighted by Gasteiger charge is 2.09. The molecule has 33 heavy (non-hydrogen) atoms. The number of unbranched alkanes of at least 4 members (excludes halogenated alkanes) is 9. The third kappa shape index (κ3) is 22.0. The zero-order valence-corrected chi connectivity index (χ0v) is 21.8. The van der Waals surface area contributed by atoms with Crippen LogP contribution in [0, 0.1) is 0 Å². The lowest BCUT2D eigenvalue weighted by molar-refractivity contribution is 0.145. The molecule has 0 saturated carbocycles. The van der Waals surface area contributed by atoms with E-state index in [9.17, 15) is 20.4 Å². The molecule has 0 aliphatic rings. The number of hydrogen-bond donors (Lipinski definition) is 4. The summed E-state index contributed by atoms with van der Waals surface area (Å²) in [5, 5.41) is 36.8. The topological polar surface area (TPSA) is 90.6 Å². The second-order valence-electron chi connectivity index (χ2n) is 9.31. The summed E-state index contributed by atoms with van der Waals surface area (Å²) in [4.78, 5) is 6.81. The fourth-order valence-corrected chi connectivity index (χ4v) is 4.43. The minimum absolute atomic E-state index is 0.133. The Morgan fingerprint density at radius 2 is 0.606 bits per heavy atom. The van der Waals surface area contributed by atoms with Gasteiger partial charge >= 0.3 is 0 Å². The molecule has 0 rings (SSSR count). The van der Waals surface area contributed by atoms with Gasteiger partial charge in [-0.1, -0.05) is 64.7 Å². The number of rotatable bonds is 27. The SMILES string of the molecule is CCCCCCCCCCCCN(CCCN(CCO)CCO)CCCN(CCO)CCO. The van der Waals surface area contributed by atoms with Crippen LogP contribution in [0.25, 0.3) is 0 Å². The van der Waals surface area contributed by atoms with Crippen LogP contribution in [-0.2, 0) is 0 Å². The zero-order valence-electron chi connectivity index (χ0n) is 21.8. The second kappa shape index (κ2) is 26.3. The quantitative estimate of drug-likeness (QED) is 0.136. The van der Waals surface area contributed by atoms with E-state index in [0.717, 1.165) is 45.6 Å². The Morgan fingerprint density at radius 3 is 0.939 bits per heavy atom. The lowest BCUT2D eigenvalue weighted by Crippen LogP contribution is -2.36. The summed E-state index contributed by atoms with van der Waals surface area (Å²) >= 11 is 0. The third-order valence-corrected chi connectivity index (χ3v) is 6.39. The Morgan fingerprint density at radius 1 is 0.333 bits per heavy atom. The van der Waals surface area contributed by atoms with E-state index in [2.05, 4.69) is 21.6 Å². The maximum atomic E-state index is 9.21. The lowest BCUT2D eigenvalue weighted by atomic mass is 10.1. The van der Waals surface area contributed by atoms with E-state index in [1.807, 2.05) is 0 Å². The molecule has 0 fully saturated rings. The van der Waals surface area contributed by atoms with Gasteiger partial charge in [0.05, 0.1) is 26.4 Å². The van der Waals surface area contributed by atoms with Gasteiger partial charge in [-0.05, 0) is 52.0 Å². The Hall–Kier alpha value is -0.280. The van der Waals surface area contributed by atoms with Crippen molar-refractivity contribution < 1.29 is 20.4 Å². The van der Waals surface area contributed by atoms with Gasteiger partial charge < -0.3 is 25.3 Å². The van der Waals surface area contributed by atoms with Gasteiger partial charge in [0.25, 0.3) is 0 Å². The van der Waals surface area contributed by atoms with Crippen molar-refractivity contribution in [3.8, 4) is 0 Å². The van der Waals surface area contributed by atoms with Gasteiger partial charge in [-0.3, -0.25) is 9.80 Å². The van der Waals surface area contributed by atoms with E-state index in [0.29, 0.717) is 26.2 Å². The maximum Gasteiger partial charge on any atom is 0.0558 e. The Bertz CT molecular complexity index is 343. The summed E-state index contributed by atoms with van der Waals surface area (Å²) in [6.45, 7) is 10.3. The number of aliphatic hydroxyl groups is 4. The molecule has 0 unspecified atom stereocenters. The summed E-state index contributed by atoms with van der Waals surface area (Å²) < 4.78 is 0. The lowest BCUT2D eigenvalue weighted by Gasteiger charge is -2.27. The standard InChI is InChI=1S/C26H57N3O4/c1-2-3-4-5-6-7-8-9-10-11-14-27(15-12-17-28(19-23-30)20-24-31)16-13-18-29(21-25-32)22-26-33/h30-33H,2-26H2,1H3. The molecule has 0 aromatic carbocycles. The molecule has 0 aromatic heterocycles. The molecule has 0 heterocycles. The highest BCUT2D eigenvalue weighted by molar-refractivity contribution is 4.65. The molecule has 0 amide bonds. The monoisotopic (exact) mass is 475 g/mol. The molecule has 0 atom stereocenters. The Kier molecular flexibility index (Phi) is 26.1. The molecule has 7 nitrogen and oxygen atoms in total. The van der Waals surface area contributed by atoms with Crippen molar-refractivity contribution in [2.75, 3.05) is 85.3 Å². The van der Waals surface area contributed by atoms with Crippen LogP contribution in [0.3, 0.4) is 0 Å². The van der Waals surface area contributed by atoms with E-state index in [1.54, 1.807) is 0 Å². The molecular weight excluding hydrogens is 418 g/mol. The van der Waals surface area contributed by atoms with E-state index in [1.165, 1.54) is 64.2 Å². The van der Waals surface area contributed by atoms with E-state index in [-0.39, 0.29) is 26.4 Å². The first kappa shape index (κ1) is 32.7. The van der Waals surface area contributed by atoms with Crippen LogP contribution in [0.5, 0.6) is 0 Å². The predicted octanol–water partition coefficient (Wildman–Crippen LogP) is 2.56. The largest absolute Gasteiger partial charge is 0.395 e. The van der Waals surface area contributed by atoms with Crippen LogP contribution in [0.1, 0.15) is 84.0 Å². The summed E-state index contributed by atoms with van der Waals surface area (Å²) in [5.74, 6) is 0. The smallest absolute Gasteiger partial charge is 0.0558 e. The Labute approximate surface area is 204 Å². The summed E-state index contributed by atoms with van der Waals surface area (Å²) in [7, 11) is 0. The molecule has 200 valence electrons. The van der Waals surface area contributed by atoms with E-state index < -0.39 is 0 Å². The molecule has 0 saturated heterocycles. The highest BCUT2D eigenvalue weighted by Crippen LogP contribution is 2.11. The summed E-state index contributed by atoms with van der Waals surface area (Å²) in [5.41, 5.74) is 0. The first-order valence-electron chi connectivity index (χ1n) is 13.8. The molecule has 0 bridgehead atoms. The van der Waals surface area contributed by atoms with Crippen molar-refractivity contribution in [1.82, 2.24) is 14.7 Å². The van der Waals surface area contributed by atoms with Crippen LogP contribution in [0.4, 0.5) is 0 Å². The van der Waals surface area contributed by atoms with Crippen molar-refractivity contribution in [3.63, 3.8) is 0 Å². The Balaban J connectivity index is 4.24. The van der Waals surface area contributed by atoms with Gasteiger partial charge in [-0.15, -0.1) is 0 Å². The molecule has 0 aromatic rings. The molecule has 0 aliphatic heterocycles. The first-order chi connectivity index (χ1) is 16.2. The van der Waals surface area contributed by atoms with Crippen molar-refractivity contribution in [3.05, 3.63) is 0 Å². The van der Waals surface area contributed by atoms with Gasteiger partial charge in [0.2, 0.25) is 0 Å². The van der Waals surface area contributed by atoms with Gasteiger partial charge in [-0.25, -0.2) is 0 Å². The minimum atomic E-state index is 0.133. The fourth-order valence-electron chi connectivity index (χ4n) is 4.43. The van der Waals surface area contributed by atoms with Gasteiger partial charge in [-0.2, -0.15) is 0 Å². The summed E-state index contributed by atoms with van der Waals surface area (Å²) in [6, 6.07) is 0. The average Bonchev–Trinajstić information content (AvgIpc) is 2.80. The number of aliphatic hydroxyl groups excluding tert-OH is 4. The zero-order chi connectivity index (χ0) is 24.4. The molecular formula is C26H57N3O4. The van der Waals surface area contributed by atoms with Crippen molar-refractivity contribution >= 4 is 0 Å². The molecule has 7 heteroatoms. The molecule has 4 N–H and O–H groups in total. The highest BCUT2D eigenvalue weighted by atomic mass is 16.3. The van der Waals surface area contributed by atoms with Gasteiger partial charge in [0.15, 0.2) is 0 Å². The van der Waals surface area contributed by atoms with Crippen LogP contribution >= 0.6 is 0 Å². The number of hydrogen-bond acceptors (Lipinski definition) is 7. The van der Waals surface area contributed by atoms with Crippen molar-refractivity contribution in [2.24, 2.45) is 0 Å². The van der Waals surface area contributed by atoms with E-state index >= 15 is 0 Å². The molecule has 0 radical (unpaired) electrons. The van der Waals surface area contributed by atoms with Crippen molar-refractivity contribution in [1.29, 1.82) is 0 Å². The van der Waals surface area contributed by atoms with E-state index in [4.69, 9.17) is 0 Å².